The van der Waals surface area contributed by atoms with Crippen LogP contribution >= 0.6 is 0 Å². The molecule has 0 radical (unpaired) electrons. The molecular weight excluding hydrogens is 214 g/mol. The minimum absolute atomic E-state index is 0.372. The first kappa shape index (κ1) is 16.9. The fourth-order valence-electron chi connectivity index (χ4n) is 2.01. The van der Waals surface area contributed by atoms with Gasteiger partial charge in [-0.25, -0.2) is 0 Å². The van der Waals surface area contributed by atoms with Crippen molar-refractivity contribution in [3.05, 3.63) is 0 Å². The Kier molecular flexibility index (Phi) is 10.9. The quantitative estimate of drug-likeness (QED) is 0.302. The maximum Gasteiger partial charge on any atom is 0.142 e. The smallest absolute Gasteiger partial charge is 0.142 e. The molecule has 0 saturated carbocycles. The number of hydroxylamine groups is 4. The third-order valence-corrected chi connectivity index (χ3v) is 3.38. The fourth-order valence-corrected chi connectivity index (χ4v) is 2.01. The first-order chi connectivity index (χ1) is 8.12. The predicted octanol–water partition coefficient (Wildman–Crippen LogP) is 4.52. The number of quaternary nitrogens is 1. The Balaban J connectivity index is 3.09. The number of hydrogen-bond donors (Lipinski definition) is 2. The molecule has 0 rings (SSSR count). The summed E-state index contributed by atoms with van der Waals surface area (Å²) in [6, 6.07) is 0. The molecule has 0 aromatic carbocycles. The number of rotatable bonds is 12. The Morgan fingerprint density at radius 3 is 1.47 bits per heavy atom. The average Bonchev–Trinajstić information content (AvgIpc) is 2.31. The van der Waals surface area contributed by atoms with Gasteiger partial charge in [0.25, 0.3) is 0 Å². The predicted molar refractivity (Wildman–Crippen MR) is 71.1 cm³/mol. The van der Waals surface area contributed by atoms with Crippen LogP contribution in [0.2, 0.25) is 0 Å². The van der Waals surface area contributed by atoms with Crippen LogP contribution in [-0.4, -0.2) is 28.3 Å². The van der Waals surface area contributed by atoms with Crippen LogP contribution in [0.15, 0.2) is 0 Å². The maximum atomic E-state index is 9.34. The molecule has 0 atom stereocenters. The van der Waals surface area contributed by atoms with Crippen molar-refractivity contribution in [2.75, 3.05) is 13.1 Å². The lowest BCUT2D eigenvalue weighted by atomic mass is 10.1. The van der Waals surface area contributed by atoms with Gasteiger partial charge < -0.3 is 0 Å². The number of unbranched alkanes of at least 4 members (excludes halogenated alkanes) is 9. The summed E-state index contributed by atoms with van der Waals surface area (Å²) in [6.07, 6.45) is 12.8. The highest BCUT2D eigenvalue weighted by atomic mass is 16.8. The second-order valence-electron chi connectivity index (χ2n) is 5.10. The summed E-state index contributed by atoms with van der Waals surface area (Å²) in [5.41, 5.74) is 0. The van der Waals surface area contributed by atoms with E-state index in [1.807, 2.05) is 0 Å². The van der Waals surface area contributed by atoms with Gasteiger partial charge in [-0.3, -0.25) is 0 Å². The van der Waals surface area contributed by atoms with E-state index < -0.39 is 4.81 Å². The minimum atomic E-state index is -0.809. The molecule has 3 heteroatoms. The van der Waals surface area contributed by atoms with Gasteiger partial charge in [-0.2, -0.15) is 10.4 Å². The fraction of sp³-hybridized carbons (Fsp3) is 1.00. The van der Waals surface area contributed by atoms with Crippen molar-refractivity contribution in [3.8, 4) is 0 Å². The van der Waals surface area contributed by atoms with Crippen molar-refractivity contribution in [2.24, 2.45) is 0 Å². The molecule has 0 amide bonds. The summed E-state index contributed by atoms with van der Waals surface area (Å²) in [7, 11) is 0. The first-order valence-electron chi connectivity index (χ1n) is 7.45. The van der Waals surface area contributed by atoms with Crippen molar-refractivity contribution in [1.29, 1.82) is 0 Å². The third-order valence-electron chi connectivity index (χ3n) is 3.38. The molecule has 0 unspecified atom stereocenters. The van der Waals surface area contributed by atoms with Crippen LogP contribution in [0.5, 0.6) is 0 Å². The molecule has 0 heterocycles. The lowest BCUT2D eigenvalue weighted by molar-refractivity contribution is -1.24. The standard InChI is InChI=1S/C14H32NO2/c1-3-5-6-7-8-9-10-11-12-13-14-15(16,17)4-2/h16-17H,3-14H2,1-2H3/q+1. The number of nitrogens with zero attached hydrogens (tertiary/aromatic N) is 1. The Labute approximate surface area is 107 Å². The van der Waals surface area contributed by atoms with Gasteiger partial charge in [0.15, 0.2) is 0 Å². The number of hydrogen-bond acceptors (Lipinski definition) is 2. The second-order valence-corrected chi connectivity index (χ2v) is 5.10. The highest BCUT2D eigenvalue weighted by molar-refractivity contribution is 4.46. The van der Waals surface area contributed by atoms with Gasteiger partial charge in [0.05, 0.1) is 0 Å². The van der Waals surface area contributed by atoms with Crippen molar-refractivity contribution < 1.29 is 15.2 Å². The SMILES string of the molecule is CCCCCCCCCCCC[N+](O)(O)CC. The van der Waals surface area contributed by atoms with Gasteiger partial charge >= 0.3 is 0 Å². The lowest BCUT2D eigenvalue weighted by Gasteiger charge is -2.18. The van der Waals surface area contributed by atoms with Gasteiger partial charge in [-0.05, 0) is 18.2 Å². The Hall–Kier alpha value is -0.120. The van der Waals surface area contributed by atoms with E-state index in [1.165, 1.54) is 51.4 Å². The zero-order valence-electron chi connectivity index (χ0n) is 11.8. The van der Waals surface area contributed by atoms with E-state index in [0.717, 1.165) is 12.8 Å². The van der Waals surface area contributed by atoms with Crippen molar-refractivity contribution in [3.63, 3.8) is 0 Å². The maximum absolute atomic E-state index is 9.34. The highest BCUT2D eigenvalue weighted by Crippen LogP contribution is 2.11. The van der Waals surface area contributed by atoms with Crippen LogP contribution in [0.4, 0.5) is 0 Å². The van der Waals surface area contributed by atoms with E-state index in [9.17, 15) is 10.4 Å². The molecule has 0 aliphatic rings. The molecule has 3 nitrogen and oxygen atoms in total. The summed E-state index contributed by atoms with van der Waals surface area (Å²) in [5.74, 6) is 0. The van der Waals surface area contributed by atoms with E-state index in [2.05, 4.69) is 6.92 Å². The van der Waals surface area contributed by atoms with Gasteiger partial charge in [-0.1, -0.05) is 58.3 Å². The highest BCUT2D eigenvalue weighted by Gasteiger charge is 2.17. The van der Waals surface area contributed by atoms with Gasteiger partial charge in [0.2, 0.25) is 0 Å². The van der Waals surface area contributed by atoms with E-state index in [-0.39, 0.29) is 0 Å². The van der Waals surface area contributed by atoms with Crippen molar-refractivity contribution >= 4 is 0 Å². The van der Waals surface area contributed by atoms with E-state index in [0.29, 0.717) is 13.1 Å². The molecule has 0 aliphatic heterocycles. The molecule has 0 aliphatic carbocycles. The zero-order valence-corrected chi connectivity index (χ0v) is 11.8. The summed E-state index contributed by atoms with van der Waals surface area (Å²) in [4.78, 5) is -0.809. The van der Waals surface area contributed by atoms with E-state index in [4.69, 9.17) is 0 Å². The van der Waals surface area contributed by atoms with Crippen molar-refractivity contribution in [2.45, 2.75) is 78.1 Å². The Bertz CT molecular complexity index is 160. The molecule has 0 aromatic rings. The molecule has 0 aromatic heterocycles. The zero-order chi connectivity index (χ0) is 13.0. The van der Waals surface area contributed by atoms with E-state index >= 15 is 0 Å². The molecule has 0 saturated heterocycles. The normalized spacial score (nSPS) is 12.0. The average molecular weight is 246 g/mol. The Morgan fingerprint density at radius 2 is 1.06 bits per heavy atom. The molecule has 0 spiro atoms. The molecule has 104 valence electrons. The molecule has 17 heavy (non-hydrogen) atoms. The van der Waals surface area contributed by atoms with Crippen LogP contribution in [0.25, 0.3) is 0 Å². The second kappa shape index (κ2) is 11.0. The largest absolute Gasteiger partial charge is 0.182 e. The van der Waals surface area contributed by atoms with Crippen LogP contribution in [0.3, 0.4) is 0 Å². The van der Waals surface area contributed by atoms with Crippen LogP contribution < -0.4 is 0 Å². The molecule has 0 fully saturated rings. The topological polar surface area (TPSA) is 40.5 Å². The van der Waals surface area contributed by atoms with Crippen LogP contribution in [-0.2, 0) is 0 Å². The van der Waals surface area contributed by atoms with E-state index in [1.54, 1.807) is 6.92 Å². The van der Waals surface area contributed by atoms with Gasteiger partial charge in [-0.15, -0.1) is 0 Å². The van der Waals surface area contributed by atoms with Gasteiger partial charge in [0.1, 0.15) is 13.1 Å². The van der Waals surface area contributed by atoms with Gasteiger partial charge in [0, 0.05) is 6.42 Å². The lowest BCUT2D eigenvalue weighted by Crippen LogP contribution is -2.41. The molecular formula is C14H32NO2+. The monoisotopic (exact) mass is 246 g/mol. The molecule has 0 bridgehead atoms. The van der Waals surface area contributed by atoms with Crippen LogP contribution in [0.1, 0.15) is 78.1 Å². The van der Waals surface area contributed by atoms with Crippen LogP contribution in [0, 0.1) is 0 Å². The summed E-state index contributed by atoms with van der Waals surface area (Å²) >= 11 is 0. The molecule has 2 N–H and O–H groups in total. The Morgan fingerprint density at radius 1 is 0.647 bits per heavy atom. The third kappa shape index (κ3) is 12.1. The van der Waals surface area contributed by atoms with Crippen molar-refractivity contribution in [1.82, 2.24) is 0 Å². The first-order valence-corrected chi connectivity index (χ1v) is 7.45. The summed E-state index contributed by atoms with van der Waals surface area (Å²) in [6.45, 7) is 4.87. The minimum Gasteiger partial charge on any atom is -0.182 e. The summed E-state index contributed by atoms with van der Waals surface area (Å²) in [5, 5.41) is 18.7. The summed E-state index contributed by atoms with van der Waals surface area (Å²) < 4.78 is 0.